The van der Waals surface area contributed by atoms with Crippen LogP contribution >= 0.6 is 0 Å². The van der Waals surface area contributed by atoms with Crippen molar-refractivity contribution in [2.24, 2.45) is 18.9 Å². The number of aromatic nitrogens is 4. The number of carbonyl (C=O) groups is 1. The lowest BCUT2D eigenvalue weighted by atomic mass is 9.97. The van der Waals surface area contributed by atoms with Crippen molar-refractivity contribution in [1.29, 1.82) is 0 Å². The number of hydrogen-bond donors (Lipinski definition) is 2. The van der Waals surface area contributed by atoms with Crippen LogP contribution in [-0.4, -0.2) is 37.8 Å². The second-order valence-corrected chi connectivity index (χ2v) is 4.17. The first-order valence-electron chi connectivity index (χ1n) is 5.19. The van der Waals surface area contributed by atoms with Crippen LogP contribution in [-0.2, 0) is 11.8 Å². The minimum Gasteiger partial charge on any atom is -0.481 e. The van der Waals surface area contributed by atoms with Gasteiger partial charge in [-0.05, 0) is 22.8 Å². The van der Waals surface area contributed by atoms with Crippen molar-refractivity contribution in [3.05, 3.63) is 0 Å². The second-order valence-electron chi connectivity index (χ2n) is 4.17. The van der Waals surface area contributed by atoms with Gasteiger partial charge in [0.15, 0.2) is 0 Å². The number of rotatable bonds is 6. The number of aliphatic carboxylic acids is 1. The van der Waals surface area contributed by atoms with Crippen LogP contribution in [0.2, 0.25) is 0 Å². The Morgan fingerprint density at radius 3 is 2.69 bits per heavy atom. The second kappa shape index (κ2) is 5.43. The van der Waals surface area contributed by atoms with Gasteiger partial charge in [0.25, 0.3) is 0 Å². The van der Waals surface area contributed by atoms with E-state index in [1.807, 2.05) is 13.8 Å². The zero-order valence-electron chi connectivity index (χ0n) is 9.71. The number of aryl methyl sites for hydroxylation is 1. The molecule has 7 nitrogen and oxygen atoms in total. The molecule has 0 radical (unpaired) electrons. The third-order valence-electron chi connectivity index (χ3n) is 2.23. The number of carboxylic acid groups (broad SMARTS) is 1. The highest BCUT2D eigenvalue weighted by molar-refractivity contribution is 5.70. The Kier molecular flexibility index (Phi) is 4.21. The molecule has 0 bridgehead atoms. The van der Waals surface area contributed by atoms with Crippen LogP contribution in [0.3, 0.4) is 0 Å². The van der Waals surface area contributed by atoms with Gasteiger partial charge in [0.1, 0.15) is 0 Å². The third kappa shape index (κ3) is 3.48. The quantitative estimate of drug-likeness (QED) is 0.729. The van der Waals surface area contributed by atoms with Gasteiger partial charge in [-0.1, -0.05) is 18.9 Å². The number of hydrogen-bond acceptors (Lipinski definition) is 5. The van der Waals surface area contributed by atoms with Crippen LogP contribution in [0.5, 0.6) is 0 Å². The van der Waals surface area contributed by atoms with Crippen molar-refractivity contribution in [2.75, 3.05) is 11.9 Å². The van der Waals surface area contributed by atoms with Crippen LogP contribution in [0.4, 0.5) is 5.95 Å². The Morgan fingerprint density at radius 2 is 2.25 bits per heavy atom. The van der Waals surface area contributed by atoms with Gasteiger partial charge in [0.2, 0.25) is 5.95 Å². The molecular formula is C9H17N5O2. The Labute approximate surface area is 93.8 Å². The number of carboxylic acids is 1. The Bertz CT molecular complexity index is 349. The van der Waals surface area contributed by atoms with E-state index in [0.29, 0.717) is 24.8 Å². The summed E-state index contributed by atoms with van der Waals surface area (Å²) in [4.78, 5) is 11.0. The van der Waals surface area contributed by atoms with Gasteiger partial charge in [0, 0.05) is 13.6 Å². The molecule has 0 saturated heterocycles. The molecule has 1 unspecified atom stereocenters. The van der Waals surface area contributed by atoms with E-state index < -0.39 is 11.9 Å². The van der Waals surface area contributed by atoms with Crippen LogP contribution in [0.1, 0.15) is 20.3 Å². The van der Waals surface area contributed by atoms with Crippen molar-refractivity contribution in [1.82, 2.24) is 20.2 Å². The fraction of sp³-hybridized carbons (Fsp3) is 0.778. The van der Waals surface area contributed by atoms with Gasteiger partial charge < -0.3 is 10.4 Å². The molecule has 1 heterocycles. The minimum absolute atomic E-state index is 0.335. The normalized spacial score (nSPS) is 12.8. The lowest BCUT2D eigenvalue weighted by Gasteiger charge is -2.14. The lowest BCUT2D eigenvalue weighted by molar-refractivity contribution is -0.141. The summed E-state index contributed by atoms with van der Waals surface area (Å²) in [6.45, 7) is 4.33. The zero-order chi connectivity index (χ0) is 12.1. The minimum atomic E-state index is -0.795. The van der Waals surface area contributed by atoms with Crippen LogP contribution in [0, 0.1) is 11.8 Å². The average molecular weight is 227 g/mol. The highest BCUT2D eigenvalue weighted by Crippen LogP contribution is 2.12. The van der Waals surface area contributed by atoms with E-state index in [0.717, 1.165) is 0 Å². The van der Waals surface area contributed by atoms with Gasteiger partial charge in [-0.2, -0.15) is 0 Å². The van der Waals surface area contributed by atoms with Crippen LogP contribution in [0.15, 0.2) is 0 Å². The van der Waals surface area contributed by atoms with E-state index in [-0.39, 0.29) is 0 Å². The molecule has 90 valence electrons. The first kappa shape index (κ1) is 12.4. The van der Waals surface area contributed by atoms with Crippen molar-refractivity contribution in [3.8, 4) is 0 Å². The van der Waals surface area contributed by atoms with Crippen molar-refractivity contribution in [2.45, 2.75) is 20.3 Å². The lowest BCUT2D eigenvalue weighted by Crippen LogP contribution is -2.25. The molecule has 16 heavy (non-hydrogen) atoms. The number of nitrogens with zero attached hydrogens (tertiary/aromatic N) is 4. The number of tetrazole rings is 1. The smallest absolute Gasteiger partial charge is 0.308 e. The van der Waals surface area contributed by atoms with Gasteiger partial charge >= 0.3 is 5.97 Å². The topological polar surface area (TPSA) is 92.9 Å². The molecule has 7 heteroatoms. The first-order chi connectivity index (χ1) is 7.50. The summed E-state index contributed by atoms with van der Waals surface area (Å²) in [6.07, 6.45) is 0.633. The van der Waals surface area contributed by atoms with E-state index in [1.165, 1.54) is 4.68 Å². The molecule has 1 aromatic rings. The molecule has 1 rings (SSSR count). The van der Waals surface area contributed by atoms with Gasteiger partial charge in [0.05, 0.1) is 5.92 Å². The number of nitrogens with one attached hydrogen (secondary N) is 1. The highest BCUT2D eigenvalue weighted by Gasteiger charge is 2.19. The average Bonchev–Trinajstić information content (AvgIpc) is 2.57. The predicted octanol–water partition coefficient (Wildman–Crippen LogP) is 0.369. The third-order valence-corrected chi connectivity index (χ3v) is 2.23. The molecule has 0 aliphatic heterocycles. The molecule has 0 aromatic carbocycles. The van der Waals surface area contributed by atoms with Gasteiger partial charge in [-0.25, -0.2) is 4.68 Å². The monoisotopic (exact) mass is 227 g/mol. The molecule has 2 N–H and O–H groups in total. The highest BCUT2D eigenvalue weighted by atomic mass is 16.4. The fourth-order valence-electron chi connectivity index (χ4n) is 1.43. The SMILES string of the molecule is CC(C)CC(CNc1nnnn1C)C(=O)O. The summed E-state index contributed by atoms with van der Waals surface area (Å²) in [6, 6.07) is 0. The maximum absolute atomic E-state index is 11.0. The van der Waals surface area contributed by atoms with E-state index in [9.17, 15) is 4.79 Å². The summed E-state index contributed by atoms with van der Waals surface area (Å²) >= 11 is 0. The Hall–Kier alpha value is -1.66. The van der Waals surface area contributed by atoms with E-state index >= 15 is 0 Å². The number of anilines is 1. The van der Waals surface area contributed by atoms with E-state index in [4.69, 9.17) is 5.11 Å². The molecular weight excluding hydrogens is 210 g/mol. The maximum Gasteiger partial charge on any atom is 0.308 e. The summed E-state index contributed by atoms with van der Waals surface area (Å²) in [5.74, 6) is -0.386. The van der Waals surface area contributed by atoms with Gasteiger partial charge in [-0.3, -0.25) is 4.79 Å². The fourth-order valence-corrected chi connectivity index (χ4v) is 1.43. The maximum atomic E-state index is 11.0. The summed E-state index contributed by atoms with van der Waals surface area (Å²) in [5, 5.41) is 22.8. The Balaban J connectivity index is 2.50. The molecule has 0 aliphatic rings. The van der Waals surface area contributed by atoms with Crippen molar-refractivity contribution in [3.63, 3.8) is 0 Å². The Morgan fingerprint density at radius 1 is 1.56 bits per heavy atom. The van der Waals surface area contributed by atoms with Gasteiger partial charge in [-0.15, -0.1) is 0 Å². The molecule has 0 spiro atoms. The summed E-state index contributed by atoms with van der Waals surface area (Å²) in [5.41, 5.74) is 0. The zero-order valence-corrected chi connectivity index (χ0v) is 9.71. The molecule has 0 saturated carbocycles. The standard InChI is InChI=1S/C9H17N5O2/c1-6(2)4-7(8(15)16)5-10-9-11-12-13-14(9)3/h6-7H,4-5H2,1-3H3,(H,15,16)(H,10,11,13). The predicted molar refractivity (Wildman–Crippen MR) is 57.9 cm³/mol. The molecule has 1 aromatic heterocycles. The van der Waals surface area contributed by atoms with Crippen molar-refractivity contribution >= 4 is 11.9 Å². The van der Waals surface area contributed by atoms with Crippen molar-refractivity contribution < 1.29 is 9.90 Å². The van der Waals surface area contributed by atoms with Crippen LogP contribution in [0.25, 0.3) is 0 Å². The summed E-state index contributed by atoms with van der Waals surface area (Å²) < 4.78 is 1.47. The molecule has 0 aliphatic carbocycles. The summed E-state index contributed by atoms with van der Waals surface area (Å²) in [7, 11) is 1.69. The molecule has 1 atom stereocenters. The van der Waals surface area contributed by atoms with Crippen LogP contribution < -0.4 is 5.32 Å². The molecule has 0 fully saturated rings. The van der Waals surface area contributed by atoms with E-state index in [1.54, 1.807) is 7.05 Å². The molecule has 0 amide bonds. The van der Waals surface area contributed by atoms with E-state index in [2.05, 4.69) is 20.8 Å². The first-order valence-corrected chi connectivity index (χ1v) is 5.19. The largest absolute Gasteiger partial charge is 0.481 e.